The van der Waals surface area contributed by atoms with E-state index in [0.717, 1.165) is 0 Å². The monoisotopic (exact) mass is 336 g/mol. The van der Waals surface area contributed by atoms with Gasteiger partial charge in [-0.1, -0.05) is 12.1 Å². The number of hydrogen-bond donors (Lipinski definition) is 1. The average molecular weight is 336 g/mol. The van der Waals surface area contributed by atoms with Crippen LogP contribution in [0, 0.1) is 0 Å². The Bertz CT molecular complexity index is 642. The van der Waals surface area contributed by atoms with Gasteiger partial charge in [0.2, 0.25) is 0 Å². The van der Waals surface area contributed by atoms with E-state index in [2.05, 4.69) is 0 Å². The SMILES string of the molecule is O=C(NCc1ccc(OCC2CO2)cc1)C(F)(F)S(=O)(=O)[O-]. The van der Waals surface area contributed by atoms with Crippen LogP contribution in [-0.2, 0) is 26.2 Å². The fraction of sp³-hybridized carbons (Fsp3) is 0.417. The number of nitrogens with one attached hydrogen (secondary N) is 1. The van der Waals surface area contributed by atoms with Crippen molar-refractivity contribution >= 4 is 16.0 Å². The highest BCUT2D eigenvalue weighted by atomic mass is 32.2. The second-order valence-corrected chi connectivity index (χ2v) is 5.98. The molecule has 7 nitrogen and oxygen atoms in total. The van der Waals surface area contributed by atoms with Gasteiger partial charge in [-0.3, -0.25) is 4.79 Å². The summed E-state index contributed by atoms with van der Waals surface area (Å²) in [5, 5.41) is -3.30. The van der Waals surface area contributed by atoms with Crippen LogP contribution in [0.4, 0.5) is 8.78 Å². The second-order valence-electron chi connectivity index (χ2n) is 4.56. The molecule has 122 valence electrons. The van der Waals surface area contributed by atoms with Crippen LogP contribution in [0.25, 0.3) is 0 Å². The molecule has 1 atom stereocenters. The molecule has 1 fully saturated rings. The molecule has 1 aliphatic rings. The van der Waals surface area contributed by atoms with E-state index in [1.807, 2.05) is 0 Å². The molecular formula is C12H12F2NO6S-. The Hall–Kier alpha value is -1.78. The summed E-state index contributed by atoms with van der Waals surface area (Å²) in [6.45, 7) is 0.709. The predicted octanol–water partition coefficient (Wildman–Crippen LogP) is 0.218. The Morgan fingerprint density at radius 2 is 2.00 bits per heavy atom. The minimum atomic E-state index is -6.05. The number of halogens is 2. The van der Waals surface area contributed by atoms with Gasteiger partial charge in [-0.05, 0) is 17.7 Å². The maximum atomic E-state index is 12.9. The lowest BCUT2D eigenvalue weighted by Gasteiger charge is -2.18. The van der Waals surface area contributed by atoms with Crippen molar-refractivity contribution in [3.05, 3.63) is 29.8 Å². The Morgan fingerprint density at radius 3 is 2.50 bits per heavy atom. The normalized spacial score (nSPS) is 17.9. The van der Waals surface area contributed by atoms with Gasteiger partial charge in [0.1, 0.15) is 18.5 Å². The zero-order valence-corrected chi connectivity index (χ0v) is 11.9. The molecule has 0 spiro atoms. The first-order valence-corrected chi connectivity index (χ1v) is 7.56. The smallest absolute Gasteiger partial charge is 0.410 e. The topological polar surface area (TPSA) is 108 Å². The Labute approximate surface area is 125 Å². The van der Waals surface area contributed by atoms with E-state index in [9.17, 15) is 26.5 Å². The summed E-state index contributed by atoms with van der Waals surface area (Å²) in [6, 6.07) is 6.14. The van der Waals surface area contributed by atoms with Crippen molar-refractivity contribution in [2.75, 3.05) is 13.2 Å². The number of carbonyl (C=O) groups is 1. The van der Waals surface area contributed by atoms with Crippen molar-refractivity contribution in [1.29, 1.82) is 0 Å². The number of rotatable bonds is 7. The van der Waals surface area contributed by atoms with Gasteiger partial charge in [0, 0.05) is 6.54 Å². The van der Waals surface area contributed by atoms with E-state index < -0.39 is 21.3 Å². The molecule has 0 radical (unpaired) electrons. The van der Waals surface area contributed by atoms with E-state index in [1.54, 1.807) is 17.4 Å². The summed E-state index contributed by atoms with van der Waals surface area (Å²) in [4.78, 5) is 11.1. The van der Waals surface area contributed by atoms with Gasteiger partial charge in [0.05, 0.1) is 6.61 Å². The van der Waals surface area contributed by atoms with Crippen LogP contribution in [0.1, 0.15) is 5.56 Å². The van der Waals surface area contributed by atoms with Gasteiger partial charge in [-0.15, -0.1) is 0 Å². The van der Waals surface area contributed by atoms with Crippen LogP contribution < -0.4 is 10.1 Å². The summed E-state index contributed by atoms with van der Waals surface area (Å²) in [7, 11) is -6.05. The highest BCUT2D eigenvalue weighted by Gasteiger charge is 2.46. The van der Waals surface area contributed by atoms with E-state index in [4.69, 9.17) is 9.47 Å². The molecule has 1 aromatic rings. The third-order valence-electron chi connectivity index (χ3n) is 2.79. The van der Waals surface area contributed by atoms with Crippen LogP contribution in [0.5, 0.6) is 5.75 Å². The van der Waals surface area contributed by atoms with Crippen LogP contribution in [0.3, 0.4) is 0 Å². The van der Waals surface area contributed by atoms with Crippen molar-refractivity contribution in [3.63, 3.8) is 0 Å². The number of ether oxygens (including phenoxy) is 2. The first-order valence-electron chi connectivity index (χ1n) is 6.15. The average Bonchev–Trinajstić information content (AvgIpc) is 3.26. The lowest BCUT2D eigenvalue weighted by molar-refractivity contribution is -0.136. The van der Waals surface area contributed by atoms with Gasteiger partial charge in [-0.2, -0.15) is 8.78 Å². The summed E-state index contributed by atoms with van der Waals surface area (Å²) in [5.41, 5.74) is 0.433. The first-order chi connectivity index (χ1) is 10.2. The summed E-state index contributed by atoms with van der Waals surface area (Å²) >= 11 is 0. The van der Waals surface area contributed by atoms with E-state index >= 15 is 0 Å². The van der Waals surface area contributed by atoms with E-state index in [1.165, 1.54) is 12.1 Å². The highest BCUT2D eigenvalue weighted by Crippen LogP contribution is 2.21. The van der Waals surface area contributed by atoms with Crippen LogP contribution in [0.15, 0.2) is 24.3 Å². The second kappa shape index (κ2) is 6.15. The summed E-state index contributed by atoms with van der Waals surface area (Å²) in [5.74, 6) is -1.62. The maximum Gasteiger partial charge on any atom is 0.410 e. The zero-order valence-electron chi connectivity index (χ0n) is 11.1. The van der Waals surface area contributed by atoms with E-state index in [-0.39, 0.29) is 12.6 Å². The van der Waals surface area contributed by atoms with Gasteiger partial charge in [-0.25, -0.2) is 8.42 Å². The van der Waals surface area contributed by atoms with Crippen molar-refractivity contribution in [2.24, 2.45) is 0 Å². The highest BCUT2D eigenvalue weighted by molar-refractivity contribution is 7.87. The number of epoxide rings is 1. The quantitative estimate of drug-likeness (QED) is 0.564. The fourth-order valence-corrected chi connectivity index (χ4v) is 1.75. The molecule has 0 aromatic heterocycles. The molecule has 22 heavy (non-hydrogen) atoms. The van der Waals surface area contributed by atoms with Crippen LogP contribution in [-0.4, -0.2) is 43.5 Å². The van der Waals surface area contributed by atoms with Crippen LogP contribution >= 0.6 is 0 Å². The van der Waals surface area contributed by atoms with Gasteiger partial charge in [0.25, 0.3) is 0 Å². The first kappa shape index (κ1) is 16.6. The minimum absolute atomic E-state index is 0.0928. The third-order valence-corrected chi connectivity index (χ3v) is 3.61. The Kier molecular flexibility index (Phi) is 4.63. The number of hydrogen-bond acceptors (Lipinski definition) is 6. The molecule has 0 saturated carbocycles. The molecule has 1 heterocycles. The predicted molar refractivity (Wildman–Crippen MR) is 68.2 cm³/mol. The number of benzene rings is 1. The molecule has 0 bridgehead atoms. The molecule has 10 heteroatoms. The van der Waals surface area contributed by atoms with Crippen molar-refractivity contribution < 1.29 is 36.0 Å². The lowest BCUT2D eigenvalue weighted by atomic mass is 10.2. The van der Waals surface area contributed by atoms with Crippen molar-refractivity contribution in [1.82, 2.24) is 5.32 Å². The molecule has 1 unspecified atom stereocenters. The molecule has 0 aliphatic carbocycles. The molecular weight excluding hydrogens is 324 g/mol. The molecule has 1 aliphatic heterocycles. The van der Waals surface area contributed by atoms with Gasteiger partial charge < -0.3 is 19.3 Å². The fourth-order valence-electron chi connectivity index (χ4n) is 1.46. The minimum Gasteiger partial charge on any atom is -0.743 e. The number of amides is 1. The standard InChI is InChI=1S/C12H13F2NO6S/c13-12(14,22(17,18)19)11(16)15-5-8-1-3-9(4-2-8)20-6-10-7-21-10/h1-4,10H,5-7H2,(H,15,16)(H,17,18,19)/p-1. The largest absolute Gasteiger partial charge is 0.743 e. The van der Waals surface area contributed by atoms with Gasteiger partial charge in [0.15, 0.2) is 10.1 Å². The molecule has 1 N–H and O–H groups in total. The molecule has 1 amide bonds. The van der Waals surface area contributed by atoms with Crippen molar-refractivity contribution in [2.45, 2.75) is 17.9 Å². The van der Waals surface area contributed by atoms with Crippen molar-refractivity contribution in [3.8, 4) is 5.75 Å². The Morgan fingerprint density at radius 1 is 1.41 bits per heavy atom. The molecule has 1 aromatic carbocycles. The van der Waals surface area contributed by atoms with E-state index in [0.29, 0.717) is 24.5 Å². The number of carbonyl (C=O) groups excluding carboxylic acids is 1. The Balaban J connectivity index is 1.87. The summed E-state index contributed by atoms with van der Waals surface area (Å²) < 4.78 is 67.0. The molecule has 2 rings (SSSR count). The molecule has 1 saturated heterocycles. The third kappa shape index (κ3) is 4.12. The zero-order chi connectivity index (χ0) is 16.4. The number of alkyl halides is 2. The summed E-state index contributed by atoms with van der Waals surface area (Å²) in [6.07, 6.45) is 0.0928. The van der Waals surface area contributed by atoms with Crippen LogP contribution in [0.2, 0.25) is 0 Å². The van der Waals surface area contributed by atoms with Gasteiger partial charge >= 0.3 is 11.2 Å². The maximum absolute atomic E-state index is 12.9. The lowest BCUT2D eigenvalue weighted by Crippen LogP contribution is -2.45.